The average Bonchev–Trinajstić information content (AvgIpc) is 2.33. The first-order valence-electron chi connectivity index (χ1n) is 6.73. The van der Waals surface area contributed by atoms with Crippen LogP contribution >= 0.6 is 15.9 Å². The second kappa shape index (κ2) is 6.04. The molecule has 0 saturated heterocycles. The molecule has 1 amide bonds. The zero-order valence-corrected chi connectivity index (χ0v) is 12.8. The number of hydrogen-bond acceptors (Lipinski definition) is 1. The van der Waals surface area contributed by atoms with E-state index in [1.165, 1.54) is 18.2 Å². The quantitative estimate of drug-likeness (QED) is 0.868. The van der Waals surface area contributed by atoms with Gasteiger partial charge in [-0.05, 0) is 65.2 Å². The van der Waals surface area contributed by atoms with E-state index in [4.69, 9.17) is 0 Å². The molecule has 1 N–H and O–H groups in total. The number of carbonyl (C=O) groups excluding carboxylic acids is 1. The molecule has 0 heterocycles. The normalized spacial score (nSPS) is 27.1. The van der Waals surface area contributed by atoms with Gasteiger partial charge in [0.15, 0.2) is 0 Å². The highest BCUT2D eigenvalue weighted by Gasteiger charge is 2.26. The second-order valence-electron chi connectivity index (χ2n) is 5.56. The van der Waals surface area contributed by atoms with Crippen LogP contribution in [0, 0.1) is 17.7 Å². The minimum absolute atomic E-state index is 0.126. The molecule has 2 rings (SSSR count). The zero-order valence-electron chi connectivity index (χ0n) is 11.2. The average molecular weight is 328 g/mol. The van der Waals surface area contributed by atoms with E-state index in [1.807, 2.05) is 0 Å². The number of halogens is 2. The Labute approximate surface area is 121 Å². The van der Waals surface area contributed by atoms with Gasteiger partial charge in [-0.15, -0.1) is 0 Å². The second-order valence-corrected chi connectivity index (χ2v) is 6.42. The van der Waals surface area contributed by atoms with Crippen molar-refractivity contribution in [2.45, 2.75) is 39.2 Å². The fraction of sp³-hybridized carbons (Fsp3) is 0.533. The van der Waals surface area contributed by atoms with E-state index in [9.17, 15) is 9.18 Å². The van der Waals surface area contributed by atoms with Crippen LogP contribution in [-0.4, -0.2) is 11.9 Å². The van der Waals surface area contributed by atoms with Gasteiger partial charge in [0.25, 0.3) is 5.91 Å². The fourth-order valence-corrected chi connectivity index (χ4v) is 3.15. The van der Waals surface area contributed by atoms with E-state index < -0.39 is 0 Å². The van der Waals surface area contributed by atoms with Crippen LogP contribution in [0.15, 0.2) is 22.7 Å². The van der Waals surface area contributed by atoms with Crippen molar-refractivity contribution in [2.24, 2.45) is 11.8 Å². The van der Waals surface area contributed by atoms with Crippen molar-refractivity contribution in [3.05, 3.63) is 34.1 Å². The summed E-state index contributed by atoms with van der Waals surface area (Å²) in [5.41, 5.74) is 0.493. The molecule has 0 aromatic heterocycles. The van der Waals surface area contributed by atoms with Crippen LogP contribution in [0.4, 0.5) is 4.39 Å². The monoisotopic (exact) mass is 327 g/mol. The molecule has 2 nitrogen and oxygen atoms in total. The molecule has 3 atom stereocenters. The standard InChI is InChI=1S/C15H19BrFNO/c1-9-3-5-12(7-10(9)2)18-15(19)13-6-4-11(17)8-14(13)16/h4,6,8-10,12H,3,5,7H2,1-2H3,(H,18,19). The van der Waals surface area contributed by atoms with Crippen molar-refractivity contribution < 1.29 is 9.18 Å². The molecule has 104 valence electrons. The summed E-state index contributed by atoms with van der Waals surface area (Å²) in [5, 5.41) is 3.06. The maximum Gasteiger partial charge on any atom is 0.252 e. The van der Waals surface area contributed by atoms with Gasteiger partial charge in [-0.25, -0.2) is 4.39 Å². The van der Waals surface area contributed by atoms with Crippen molar-refractivity contribution in [2.75, 3.05) is 0 Å². The van der Waals surface area contributed by atoms with Gasteiger partial charge >= 0.3 is 0 Å². The molecular formula is C15H19BrFNO. The fourth-order valence-electron chi connectivity index (χ4n) is 2.62. The van der Waals surface area contributed by atoms with Crippen LogP contribution < -0.4 is 5.32 Å². The van der Waals surface area contributed by atoms with E-state index in [1.54, 1.807) is 0 Å². The molecule has 1 aromatic carbocycles. The van der Waals surface area contributed by atoms with Crippen LogP contribution in [-0.2, 0) is 0 Å². The molecule has 1 aliphatic carbocycles. The molecule has 1 aromatic rings. The molecule has 0 aliphatic heterocycles. The Balaban J connectivity index is 2.01. The van der Waals surface area contributed by atoms with E-state index in [0.717, 1.165) is 25.2 Å². The van der Waals surface area contributed by atoms with E-state index in [2.05, 4.69) is 35.1 Å². The lowest BCUT2D eigenvalue weighted by Gasteiger charge is -2.32. The minimum atomic E-state index is -0.344. The molecule has 1 fully saturated rings. The zero-order chi connectivity index (χ0) is 14.0. The summed E-state index contributed by atoms with van der Waals surface area (Å²) in [6.07, 6.45) is 3.19. The Morgan fingerprint density at radius 1 is 1.32 bits per heavy atom. The van der Waals surface area contributed by atoms with Gasteiger partial charge < -0.3 is 5.32 Å². The van der Waals surface area contributed by atoms with Crippen molar-refractivity contribution in [3.8, 4) is 0 Å². The van der Waals surface area contributed by atoms with Gasteiger partial charge in [-0.3, -0.25) is 4.79 Å². The predicted molar refractivity (Wildman–Crippen MR) is 77.5 cm³/mol. The minimum Gasteiger partial charge on any atom is -0.349 e. The third kappa shape index (κ3) is 3.56. The highest BCUT2D eigenvalue weighted by Crippen LogP contribution is 2.29. The number of nitrogens with one attached hydrogen (secondary N) is 1. The Hall–Kier alpha value is -0.900. The molecular weight excluding hydrogens is 309 g/mol. The highest BCUT2D eigenvalue weighted by molar-refractivity contribution is 9.10. The van der Waals surface area contributed by atoms with Gasteiger partial charge in [0, 0.05) is 10.5 Å². The summed E-state index contributed by atoms with van der Waals surface area (Å²) < 4.78 is 13.5. The van der Waals surface area contributed by atoms with Crippen molar-refractivity contribution in [3.63, 3.8) is 0 Å². The molecule has 0 spiro atoms. The first-order chi connectivity index (χ1) is 8.97. The maximum atomic E-state index is 13.0. The summed E-state index contributed by atoms with van der Waals surface area (Å²) in [6, 6.07) is 4.38. The Morgan fingerprint density at radius 2 is 2.05 bits per heavy atom. The SMILES string of the molecule is CC1CCC(NC(=O)c2ccc(F)cc2Br)CC1C. The summed E-state index contributed by atoms with van der Waals surface area (Å²) in [4.78, 5) is 12.2. The number of carbonyl (C=O) groups is 1. The molecule has 1 saturated carbocycles. The number of rotatable bonds is 2. The molecule has 1 aliphatic rings. The third-order valence-corrected chi connectivity index (χ3v) is 4.77. The van der Waals surface area contributed by atoms with Crippen LogP contribution in [0.25, 0.3) is 0 Å². The topological polar surface area (TPSA) is 29.1 Å². The molecule has 0 bridgehead atoms. The molecule has 0 radical (unpaired) electrons. The van der Waals surface area contributed by atoms with E-state index in [-0.39, 0.29) is 17.8 Å². The number of benzene rings is 1. The largest absolute Gasteiger partial charge is 0.349 e. The van der Waals surface area contributed by atoms with Gasteiger partial charge in [0.2, 0.25) is 0 Å². The van der Waals surface area contributed by atoms with E-state index >= 15 is 0 Å². The van der Waals surface area contributed by atoms with Gasteiger partial charge in [0.05, 0.1) is 5.56 Å². The summed E-state index contributed by atoms with van der Waals surface area (Å²) in [6.45, 7) is 4.50. The summed E-state index contributed by atoms with van der Waals surface area (Å²) in [7, 11) is 0. The van der Waals surface area contributed by atoms with Crippen molar-refractivity contribution in [1.82, 2.24) is 5.32 Å². The van der Waals surface area contributed by atoms with Crippen LogP contribution in [0.3, 0.4) is 0 Å². The van der Waals surface area contributed by atoms with Crippen LogP contribution in [0.5, 0.6) is 0 Å². The number of hydrogen-bond donors (Lipinski definition) is 1. The Kier molecular flexibility index (Phi) is 4.61. The Bertz CT molecular complexity index is 477. The van der Waals surface area contributed by atoms with Gasteiger partial charge in [0.1, 0.15) is 5.82 Å². The third-order valence-electron chi connectivity index (χ3n) is 4.11. The smallest absolute Gasteiger partial charge is 0.252 e. The molecule has 19 heavy (non-hydrogen) atoms. The van der Waals surface area contributed by atoms with Crippen LogP contribution in [0.1, 0.15) is 43.5 Å². The Morgan fingerprint density at radius 3 is 2.68 bits per heavy atom. The first-order valence-corrected chi connectivity index (χ1v) is 7.52. The lowest BCUT2D eigenvalue weighted by atomic mass is 9.79. The molecule has 4 heteroatoms. The first kappa shape index (κ1) is 14.5. The number of amides is 1. The van der Waals surface area contributed by atoms with E-state index in [0.29, 0.717) is 16.0 Å². The highest BCUT2D eigenvalue weighted by atomic mass is 79.9. The molecule has 3 unspecified atom stereocenters. The van der Waals surface area contributed by atoms with Crippen molar-refractivity contribution >= 4 is 21.8 Å². The van der Waals surface area contributed by atoms with Gasteiger partial charge in [-0.2, -0.15) is 0 Å². The van der Waals surface area contributed by atoms with Crippen LogP contribution in [0.2, 0.25) is 0 Å². The maximum absolute atomic E-state index is 13.0. The van der Waals surface area contributed by atoms with Crippen molar-refractivity contribution in [1.29, 1.82) is 0 Å². The lowest BCUT2D eigenvalue weighted by Crippen LogP contribution is -2.39. The predicted octanol–water partition coefficient (Wildman–Crippen LogP) is 4.14. The lowest BCUT2D eigenvalue weighted by molar-refractivity contribution is 0.0910. The van der Waals surface area contributed by atoms with Gasteiger partial charge in [-0.1, -0.05) is 13.8 Å². The summed E-state index contributed by atoms with van der Waals surface area (Å²) >= 11 is 3.23. The summed E-state index contributed by atoms with van der Waals surface area (Å²) in [5.74, 6) is 0.892.